The van der Waals surface area contributed by atoms with Crippen molar-refractivity contribution < 1.29 is 4.79 Å². The number of carbonyl (C=O) groups is 1. The number of rotatable bonds is 4. The van der Waals surface area contributed by atoms with Crippen LogP contribution in [0.4, 0.5) is 5.69 Å². The zero-order valence-electron chi connectivity index (χ0n) is 15.8. The minimum atomic E-state index is -0.261. The van der Waals surface area contributed by atoms with Crippen LogP contribution in [0.2, 0.25) is 0 Å². The number of anilines is 1. The van der Waals surface area contributed by atoms with Crippen molar-refractivity contribution in [3.05, 3.63) is 70.6 Å². The van der Waals surface area contributed by atoms with Crippen LogP contribution < -0.4 is 10.9 Å². The van der Waals surface area contributed by atoms with Crippen molar-refractivity contribution in [1.29, 1.82) is 0 Å². The Morgan fingerprint density at radius 2 is 1.93 bits per heavy atom. The first-order valence-corrected chi connectivity index (χ1v) is 10.3. The van der Waals surface area contributed by atoms with Gasteiger partial charge in [-0.25, -0.2) is 4.98 Å². The van der Waals surface area contributed by atoms with Crippen molar-refractivity contribution in [2.45, 2.75) is 20.0 Å². The van der Waals surface area contributed by atoms with Gasteiger partial charge in [-0.3, -0.25) is 14.2 Å². The molecule has 144 valence electrons. The highest BCUT2D eigenvalue weighted by atomic mass is 32.1. The molecule has 5 aromatic rings. The number of nitrogens with zero attached hydrogens (tertiary/aromatic N) is 3. The van der Waals surface area contributed by atoms with Gasteiger partial charge in [0.05, 0.1) is 11.8 Å². The molecular formula is C22H18N4O2S. The molecule has 3 aromatic heterocycles. The summed E-state index contributed by atoms with van der Waals surface area (Å²) >= 11 is 1.34. The third-order valence-electron chi connectivity index (χ3n) is 5.12. The highest BCUT2D eigenvalue weighted by Gasteiger charge is 2.12. The normalized spacial score (nSPS) is 11.5. The van der Waals surface area contributed by atoms with Crippen LogP contribution in [0, 0.1) is 0 Å². The predicted octanol–water partition coefficient (Wildman–Crippen LogP) is 4.22. The van der Waals surface area contributed by atoms with Crippen LogP contribution in [0.1, 0.15) is 6.92 Å². The molecule has 0 saturated heterocycles. The standard InChI is InChI=1S/C22H18N4O2S/c1-2-26-18-6-4-3-5-15(18)16-11-14(7-8-19(16)26)24-20(27)12-25-13-23-17-9-10-29-21(17)22(25)28/h3-11,13H,2,12H2,1H3,(H,24,27). The van der Waals surface area contributed by atoms with E-state index in [0.29, 0.717) is 15.9 Å². The molecule has 29 heavy (non-hydrogen) atoms. The van der Waals surface area contributed by atoms with Crippen LogP contribution in [0.3, 0.4) is 0 Å². The number of hydrogen-bond donors (Lipinski definition) is 1. The molecule has 0 atom stereocenters. The lowest BCUT2D eigenvalue weighted by molar-refractivity contribution is -0.116. The number of para-hydroxylation sites is 1. The number of benzene rings is 2. The van der Waals surface area contributed by atoms with Gasteiger partial charge < -0.3 is 9.88 Å². The second kappa shape index (κ2) is 6.86. The third kappa shape index (κ3) is 2.91. The number of thiophene rings is 1. The lowest BCUT2D eigenvalue weighted by Gasteiger charge is -2.08. The summed E-state index contributed by atoms with van der Waals surface area (Å²) in [7, 11) is 0. The molecule has 1 amide bonds. The van der Waals surface area contributed by atoms with Crippen LogP contribution in [0.5, 0.6) is 0 Å². The Morgan fingerprint density at radius 3 is 2.79 bits per heavy atom. The zero-order valence-corrected chi connectivity index (χ0v) is 16.6. The number of carbonyl (C=O) groups excluding carboxylic acids is 1. The van der Waals surface area contributed by atoms with Crippen LogP contribution >= 0.6 is 11.3 Å². The summed E-state index contributed by atoms with van der Waals surface area (Å²) in [5.74, 6) is -0.261. The fourth-order valence-corrected chi connectivity index (χ4v) is 4.61. The van der Waals surface area contributed by atoms with Crippen molar-refractivity contribution >= 4 is 55.0 Å². The van der Waals surface area contributed by atoms with Gasteiger partial charge >= 0.3 is 0 Å². The van der Waals surface area contributed by atoms with Gasteiger partial charge in [-0.2, -0.15) is 0 Å². The minimum Gasteiger partial charge on any atom is -0.341 e. The average Bonchev–Trinajstić information content (AvgIpc) is 3.33. The quantitative estimate of drug-likeness (QED) is 0.489. The summed E-state index contributed by atoms with van der Waals surface area (Å²) in [4.78, 5) is 29.3. The zero-order chi connectivity index (χ0) is 20.0. The van der Waals surface area contributed by atoms with E-state index in [1.165, 1.54) is 27.7 Å². The minimum absolute atomic E-state index is 0.0750. The number of amides is 1. The highest BCUT2D eigenvalue weighted by molar-refractivity contribution is 7.17. The van der Waals surface area contributed by atoms with Gasteiger partial charge in [-0.15, -0.1) is 11.3 Å². The number of nitrogens with one attached hydrogen (secondary N) is 1. The van der Waals surface area contributed by atoms with Crippen molar-refractivity contribution in [3.63, 3.8) is 0 Å². The molecule has 0 bridgehead atoms. The summed E-state index contributed by atoms with van der Waals surface area (Å²) in [5.41, 5.74) is 3.49. The maximum Gasteiger partial charge on any atom is 0.271 e. The van der Waals surface area contributed by atoms with Gasteiger partial charge in [-0.1, -0.05) is 18.2 Å². The summed E-state index contributed by atoms with van der Waals surface area (Å²) in [5, 5.41) is 6.99. The molecule has 0 spiro atoms. The van der Waals surface area contributed by atoms with Crippen molar-refractivity contribution in [2.24, 2.45) is 0 Å². The topological polar surface area (TPSA) is 68.9 Å². The number of aryl methyl sites for hydroxylation is 1. The molecule has 0 saturated carbocycles. The summed E-state index contributed by atoms with van der Waals surface area (Å²) in [6.07, 6.45) is 1.43. The lowest BCUT2D eigenvalue weighted by atomic mass is 10.1. The molecule has 7 heteroatoms. The molecule has 2 aromatic carbocycles. The first-order chi connectivity index (χ1) is 14.2. The average molecular weight is 402 g/mol. The first kappa shape index (κ1) is 17.6. The largest absolute Gasteiger partial charge is 0.341 e. The van der Waals surface area contributed by atoms with E-state index in [9.17, 15) is 9.59 Å². The van der Waals surface area contributed by atoms with Gasteiger partial charge in [0.1, 0.15) is 11.2 Å². The molecule has 0 fully saturated rings. The molecule has 0 aliphatic carbocycles. The first-order valence-electron chi connectivity index (χ1n) is 9.39. The van der Waals surface area contributed by atoms with E-state index < -0.39 is 0 Å². The van der Waals surface area contributed by atoms with Crippen molar-refractivity contribution in [1.82, 2.24) is 14.1 Å². The van der Waals surface area contributed by atoms with E-state index in [-0.39, 0.29) is 18.0 Å². The molecule has 0 radical (unpaired) electrons. The molecule has 0 aliphatic rings. The predicted molar refractivity (Wildman–Crippen MR) is 118 cm³/mol. The maximum atomic E-state index is 12.6. The van der Waals surface area contributed by atoms with E-state index in [1.54, 1.807) is 6.07 Å². The number of aromatic nitrogens is 3. The Hall–Kier alpha value is -3.45. The fourth-order valence-electron chi connectivity index (χ4n) is 3.82. The molecule has 0 aliphatic heterocycles. The molecule has 6 nitrogen and oxygen atoms in total. The van der Waals surface area contributed by atoms with Crippen molar-refractivity contribution in [3.8, 4) is 0 Å². The second-order valence-corrected chi connectivity index (χ2v) is 7.77. The maximum absolute atomic E-state index is 12.6. The Balaban J connectivity index is 1.46. The SMILES string of the molecule is CCn1c2ccccc2c2cc(NC(=O)Cn3cnc4ccsc4c3=O)ccc21. The van der Waals surface area contributed by atoms with Crippen LogP contribution in [0.15, 0.2) is 65.0 Å². The van der Waals surface area contributed by atoms with Crippen LogP contribution in [-0.4, -0.2) is 20.0 Å². The fraction of sp³-hybridized carbons (Fsp3) is 0.136. The molecule has 0 unspecified atom stereocenters. The summed E-state index contributed by atoms with van der Waals surface area (Å²) in [6, 6.07) is 16.0. The molecule has 5 rings (SSSR count). The number of hydrogen-bond acceptors (Lipinski definition) is 4. The van der Waals surface area contributed by atoms with E-state index in [0.717, 1.165) is 22.8 Å². The monoisotopic (exact) mass is 402 g/mol. The van der Waals surface area contributed by atoms with Crippen LogP contribution in [0.25, 0.3) is 32.0 Å². The van der Waals surface area contributed by atoms with Gasteiger partial charge in [0.25, 0.3) is 5.56 Å². The van der Waals surface area contributed by atoms with Gasteiger partial charge in [0, 0.05) is 34.0 Å². The highest BCUT2D eigenvalue weighted by Crippen LogP contribution is 2.30. The Kier molecular flexibility index (Phi) is 4.17. The van der Waals surface area contributed by atoms with Gasteiger partial charge in [0.15, 0.2) is 0 Å². The van der Waals surface area contributed by atoms with E-state index in [1.807, 2.05) is 35.7 Å². The van der Waals surface area contributed by atoms with Crippen LogP contribution in [-0.2, 0) is 17.9 Å². The Bertz CT molecular complexity index is 1440. The van der Waals surface area contributed by atoms with Gasteiger partial charge in [-0.05, 0) is 42.6 Å². The van der Waals surface area contributed by atoms with Gasteiger partial charge in [0.2, 0.25) is 5.91 Å². The second-order valence-electron chi connectivity index (χ2n) is 6.85. The third-order valence-corrected chi connectivity index (χ3v) is 6.01. The van der Waals surface area contributed by atoms with E-state index >= 15 is 0 Å². The van der Waals surface area contributed by atoms with Crippen molar-refractivity contribution in [2.75, 3.05) is 5.32 Å². The smallest absolute Gasteiger partial charge is 0.271 e. The summed E-state index contributed by atoms with van der Waals surface area (Å²) < 4.78 is 4.17. The Labute approximate surface area is 170 Å². The number of fused-ring (bicyclic) bond motifs is 4. The molecule has 1 N–H and O–H groups in total. The van der Waals surface area contributed by atoms with E-state index in [2.05, 4.69) is 33.9 Å². The molecular weight excluding hydrogens is 384 g/mol. The lowest BCUT2D eigenvalue weighted by Crippen LogP contribution is -2.27. The van der Waals surface area contributed by atoms with E-state index in [4.69, 9.17) is 0 Å². The molecule has 3 heterocycles. The Morgan fingerprint density at radius 1 is 1.10 bits per heavy atom. The summed E-state index contributed by atoms with van der Waals surface area (Å²) in [6.45, 7) is 2.92.